The molecule has 0 unspecified atom stereocenters. The Balaban J connectivity index is 2.28. The van der Waals surface area contributed by atoms with Gasteiger partial charge in [-0.15, -0.1) is 0 Å². The molecule has 2 rings (SSSR count). The Morgan fingerprint density at radius 2 is 1.57 bits per heavy atom. The fraction of sp³-hybridized carbons (Fsp3) is 0.381. The van der Waals surface area contributed by atoms with Crippen LogP contribution in [0.2, 0.25) is 0 Å². The normalized spacial score (nSPS) is 10.5. The first-order valence-corrected chi connectivity index (χ1v) is 9.10. The molecule has 0 atom stereocenters. The first-order valence-electron chi connectivity index (χ1n) is 9.10. The lowest BCUT2D eigenvalue weighted by atomic mass is 10.1. The van der Waals surface area contributed by atoms with E-state index in [0.717, 1.165) is 0 Å². The second-order valence-electron chi connectivity index (χ2n) is 6.16. The summed E-state index contributed by atoms with van der Waals surface area (Å²) < 4.78 is 50.8. The van der Waals surface area contributed by atoms with Crippen molar-refractivity contribution in [2.24, 2.45) is 0 Å². The number of alkyl halides is 2. The summed E-state index contributed by atoms with van der Waals surface area (Å²) in [5, 5.41) is 0. The Morgan fingerprint density at radius 1 is 0.933 bits per heavy atom. The molecule has 0 aliphatic heterocycles. The molecular weight excluding hydrogens is 400 g/mol. The second kappa shape index (κ2) is 10.5. The quantitative estimate of drug-likeness (QED) is 0.574. The Kier molecular flexibility index (Phi) is 8.08. The van der Waals surface area contributed by atoms with Crippen molar-refractivity contribution in [2.75, 3.05) is 35.0 Å². The summed E-state index contributed by atoms with van der Waals surface area (Å²) in [6.07, 6.45) is 0. The Bertz CT molecular complexity index is 875. The lowest BCUT2D eigenvalue weighted by Crippen LogP contribution is -2.26. The zero-order chi connectivity index (χ0) is 22.3. The molecule has 9 heteroatoms. The van der Waals surface area contributed by atoms with E-state index in [1.807, 2.05) is 0 Å². The summed E-state index contributed by atoms with van der Waals surface area (Å²) in [4.78, 5) is 14.5. The highest BCUT2D eigenvalue weighted by molar-refractivity contribution is 5.97. The van der Waals surface area contributed by atoms with Crippen molar-refractivity contribution in [3.63, 3.8) is 0 Å². The zero-order valence-corrected chi connectivity index (χ0v) is 17.5. The summed E-state index contributed by atoms with van der Waals surface area (Å²) >= 11 is 0. The van der Waals surface area contributed by atoms with Gasteiger partial charge < -0.3 is 28.6 Å². The third kappa shape index (κ3) is 5.43. The molecule has 7 nitrogen and oxygen atoms in total. The molecular formula is C21H25F2NO6. The van der Waals surface area contributed by atoms with Crippen molar-refractivity contribution in [2.45, 2.75) is 20.1 Å². The molecule has 0 aromatic heterocycles. The smallest absolute Gasteiger partial charge is 0.387 e. The largest absolute Gasteiger partial charge is 0.496 e. The van der Waals surface area contributed by atoms with Crippen LogP contribution in [-0.2, 0) is 6.54 Å². The average molecular weight is 425 g/mol. The van der Waals surface area contributed by atoms with Crippen LogP contribution in [0.4, 0.5) is 8.78 Å². The van der Waals surface area contributed by atoms with Gasteiger partial charge in [0.15, 0.2) is 23.0 Å². The van der Waals surface area contributed by atoms with Crippen LogP contribution in [0.1, 0.15) is 22.8 Å². The van der Waals surface area contributed by atoms with Crippen molar-refractivity contribution in [3.05, 3.63) is 41.5 Å². The standard InChI is InChI=1S/C21H25F2NO6/c1-6-29-19-9-13(7-8-15(19)30-21(22)23)12-24(2)20(25)14-10-17(27-4)18(28-5)11-16(14)26-3/h7-11,21H,6,12H2,1-5H3. The van der Waals surface area contributed by atoms with E-state index in [4.69, 9.17) is 18.9 Å². The van der Waals surface area contributed by atoms with E-state index >= 15 is 0 Å². The molecule has 0 fully saturated rings. The Morgan fingerprint density at radius 3 is 2.13 bits per heavy atom. The van der Waals surface area contributed by atoms with Gasteiger partial charge in [-0.05, 0) is 24.6 Å². The maximum Gasteiger partial charge on any atom is 0.387 e. The third-order valence-corrected chi connectivity index (χ3v) is 4.23. The lowest BCUT2D eigenvalue weighted by Gasteiger charge is -2.21. The Labute approximate surface area is 174 Å². The maximum atomic E-state index is 13.0. The molecule has 0 spiro atoms. The van der Waals surface area contributed by atoms with Gasteiger partial charge in [-0.25, -0.2) is 0 Å². The summed E-state index contributed by atoms with van der Waals surface area (Å²) in [7, 11) is 6.03. The van der Waals surface area contributed by atoms with Gasteiger partial charge in [-0.1, -0.05) is 6.07 Å². The number of carbonyl (C=O) groups excluding carboxylic acids is 1. The molecule has 1 amide bonds. The van der Waals surface area contributed by atoms with E-state index in [0.29, 0.717) is 28.4 Å². The van der Waals surface area contributed by atoms with Gasteiger partial charge >= 0.3 is 6.61 Å². The molecule has 0 aliphatic carbocycles. The molecule has 0 bridgehead atoms. The van der Waals surface area contributed by atoms with Gasteiger partial charge in [0.25, 0.3) is 5.91 Å². The van der Waals surface area contributed by atoms with Crippen LogP contribution in [0.3, 0.4) is 0 Å². The topological polar surface area (TPSA) is 66.5 Å². The van der Waals surface area contributed by atoms with Gasteiger partial charge in [-0.3, -0.25) is 4.79 Å². The number of halogens is 2. The van der Waals surface area contributed by atoms with Crippen LogP contribution in [0, 0.1) is 0 Å². The number of rotatable bonds is 10. The van der Waals surface area contributed by atoms with Crippen LogP contribution in [-0.4, -0.2) is 52.4 Å². The summed E-state index contributed by atoms with van der Waals surface area (Å²) in [6.45, 7) is -0.749. The highest BCUT2D eigenvalue weighted by atomic mass is 19.3. The van der Waals surface area contributed by atoms with Crippen LogP contribution < -0.4 is 23.7 Å². The molecule has 0 radical (unpaired) electrons. The van der Waals surface area contributed by atoms with Gasteiger partial charge in [0, 0.05) is 25.7 Å². The average Bonchev–Trinajstić information content (AvgIpc) is 2.73. The minimum absolute atomic E-state index is 0.0638. The highest BCUT2D eigenvalue weighted by Crippen LogP contribution is 2.35. The predicted molar refractivity (Wildman–Crippen MR) is 106 cm³/mol. The van der Waals surface area contributed by atoms with Crippen molar-refractivity contribution < 1.29 is 37.3 Å². The SMILES string of the molecule is CCOc1cc(CN(C)C(=O)c2cc(OC)c(OC)cc2OC)ccc1OC(F)F. The first-order chi connectivity index (χ1) is 14.3. The molecule has 2 aromatic rings. The third-order valence-electron chi connectivity index (χ3n) is 4.23. The fourth-order valence-electron chi connectivity index (χ4n) is 2.86. The fourth-order valence-corrected chi connectivity index (χ4v) is 2.86. The van der Waals surface area contributed by atoms with Gasteiger partial charge in [0.2, 0.25) is 0 Å². The number of ether oxygens (including phenoxy) is 5. The number of nitrogens with zero attached hydrogens (tertiary/aromatic N) is 1. The monoisotopic (exact) mass is 425 g/mol. The number of carbonyl (C=O) groups is 1. The molecule has 0 heterocycles. The van der Waals surface area contributed by atoms with Gasteiger partial charge in [0.05, 0.1) is 33.5 Å². The lowest BCUT2D eigenvalue weighted by molar-refractivity contribution is -0.0514. The summed E-state index contributed by atoms with van der Waals surface area (Å²) in [5.41, 5.74) is 0.968. The number of hydrogen-bond donors (Lipinski definition) is 0. The van der Waals surface area contributed by atoms with Gasteiger partial charge in [-0.2, -0.15) is 8.78 Å². The Hall–Kier alpha value is -3.23. The second-order valence-corrected chi connectivity index (χ2v) is 6.16. The maximum absolute atomic E-state index is 13.0. The summed E-state index contributed by atoms with van der Waals surface area (Å²) in [6, 6.07) is 7.67. The number of amides is 1. The number of benzene rings is 2. The predicted octanol–water partition coefficient (Wildman–Crippen LogP) is 3.98. The first kappa shape index (κ1) is 23.1. The van der Waals surface area contributed by atoms with Crippen LogP contribution in [0.15, 0.2) is 30.3 Å². The van der Waals surface area contributed by atoms with E-state index in [1.165, 1.54) is 32.3 Å². The minimum Gasteiger partial charge on any atom is -0.496 e. The molecule has 2 aromatic carbocycles. The van der Waals surface area contributed by atoms with E-state index in [-0.39, 0.29) is 30.6 Å². The van der Waals surface area contributed by atoms with Gasteiger partial charge in [0.1, 0.15) is 5.75 Å². The number of hydrogen-bond acceptors (Lipinski definition) is 6. The van der Waals surface area contributed by atoms with Crippen LogP contribution in [0.5, 0.6) is 28.7 Å². The summed E-state index contributed by atoms with van der Waals surface area (Å²) in [5.74, 6) is 0.955. The molecule has 0 saturated heterocycles. The van der Waals surface area contributed by atoms with E-state index in [1.54, 1.807) is 38.2 Å². The number of methoxy groups -OCH3 is 3. The zero-order valence-electron chi connectivity index (χ0n) is 17.5. The molecule has 0 N–H and O–H groups in total. The van der Waals surface area contributed by atoms with Crippen molar-refractivity contribution in [1.29, 1.82) is 0 Å². The van der Waals surface area contributed by atoms with Crippen LogP contribution in [0.25, 0.3) is 0 Å². The van der Waals surface area contributed by atoms with E-state index in [2.05, 4.69) is 4.74 Å². The molecule has 164 valence electrons. The van der Waals surface area contributed by atoms with Crippen LogP contribution >= 0.6 is 0 Å². The highest BCUT2D eigenvalue weighted by Gasteiger charge is 2.21. The van der Waals surface area contributed by atoms with E-state index in [9.17, 15) is 13.6 Å². The van der Waals surface area contributed by atoms with Crippen molar-refractivity contribution in [1.82, 2.24) is 4.90 Å². The van der Waals surface area contributed by atoms with Crippen molar-refractivity contribution >= 4 is 5.91 Å². The van der Waals surface area contributed by atoms with E-state index < -0.39 is 6.61 Å². The molecule has 0 aliphatic rings. The molecule has 30 heavy (non-hydrogen) atoms. The molecule has 0 saturated carbocycles. The minimum atomic E-state index is -2.96. The van der Waals surface area contributed by atoms with Crippen molar-refractivity contribution in [3.8, 4) is 28.7 Å².